The van der Waals surface area contributed by atoms with E-state index in [2.05, 4.69) is 0 Å². The summed E-state index contributed by atoms with van der Waals surface area (Å²) >= 11 is 0. The lowest BCUT2D eigenvalue weighted by atomic mass is 9.90. The molecule has 1 aliphatic rings. The average molecular weight is 339 g/mol. The number of rotatable bonds is 6. The normalized spacial score (nSPS) is 19.0. The molecule has 5 nitrogen and oxygen atoms in total. The molecule has 25 heavy (non-hydrogen) atoms. The number of ketones is 1. The van der Waals surface area contributed by atoms with E-state index in [4.69, 9.17) is 4.74 Å². The van der Waals surface area contributed by atoms with E-state index in [1.165, 1.54) is 11.8 Å². The number of carbonyl (C=O) groups excluding carboxylic acids is 2. The molecule has 2 aromatic rings. The Morgan fingerprint density at radius 2 is 1.84 bits per heavy atom. The van der Waals surface area contributed by atoms with Gasteiger partial charge in [-0.3, -0.25) is 9.59 Å². The number of amides is 1. The third-order valence-electron chi connectivity index (χ3n) is 4.35. The zero-order valence-corrected chi connectivity index (χ0v) is 14.4. The number of hydrogen-bond donors (Lipinski definition) is 1. The number of benzene rings is 2. The predicted octanol–water partition coefficient (Wildman–Crippen LogP) is 2.59. The number of carbonyl (C=O) groups is 2. The maximum Gasteiger partial charge on any atom is 0.264 e. The first kappa shape index (κ1) is 17.2. The highest BCUT2D eigenvalue weighted by Gasteiger charge is 2.50. The second kappa shape index (κ2) is 6.69. The van der Waals surface area contributed by atoms with E-state index in [1.807, 2.05) is 31.2 Å². The molecular formula is C20H21NO4. The summed E-state index contributed by atoms with van der Waals surface area (Å²) in [6.07, 6.45) is -0.224. The van der Waals surface area contributed by atoms with Crippen LogP contribution in [0.3, 0.4) is 0 Å². The summed E-state index contributed by atoms with van der Waals surface area (Å²) in [4.78, 5) is 25.8. The lowest BCUT2D eigenvalue weighted by Gasteiger charge is -2.22. The van der Waals surface area contributed by atoms with Crippen LogP contribution in [-0.4, -0.2) is 29.9 Å². The summed E-state index contributed by atoms with van der Waals surface area (Å²) in [5, 5.41) is 10.8. The van der Waals surface area contributed by atoms with Crippen LogP contribution in [0, 0.1) is 6.92 Å². The maximum absolute atomic E-state index is 12.8. The van der Waals surface area contributed by atoms with E-state index in [-0.39, 0.29) is 12.2 Å². The summed E-state index contributed by atoms with van der Waals surface area (Å²) in [6.45, 7) is 3.96. The molecule has 0 spiro atoms. The van der Waals surface area contributed by atoms with Gasteiger partial charge in [-0.05, 0) is 32.0 Å². The average Bonchev–Trinajstić information content (AvgIpc) is 2.78. The second-order valence-electron chi connectivity index (χ2n) is 6.37. The number of ether oxygens (including phenoxy) is 1. The SMILES string of the molecule is CC(=O)CC1(O)C(=O)N(CCOc2ccc(C)cc2)c2ccccc21. The maximum atomic E-state index is 12.8. The Hall–Kier alpha value is -2.66. The van der Waals surface area contributed by atoms with Crippen LogP contribution in [-0.2, 0) is 15.2 Å². The fourth-order valence-corrected chi connectivity index (χ4v) is 3.15. The van der Waals surface area contributed by atoms with Crippen LogP contribution in [0.5, 0.6) is 5.75 Å². The zero-order chi connectivity index (χ0) is 18.0. The van der Waals surface area contributed by atoms with Gasteiger partial charge in [-0.2, -0.15) is 0 Å². The summed E-state index contributed by atoms with van der Waals surface area (Å²) < 4.78 is 5.69. The van der Waals surface area contributed by atoms with E-state index >= 15 is 0 Å². The summed E-state index contributed by atoms with van der Waals surface area (Å²) in [6, 6.07) is 14.7. The second-order valence-corrected chi connectivity index (χ2v) is 6.37. The molecule has 5 heteroatoms. The Labute approximate surface area is 146 Å². The summed E-state index contributed by atoms with van der Waals surface area (Å²) in [5.74, 6) is 0.0179. The van der Waals surface area contributed by atoms with Crippen LogP contribution < -0.4 is 9.64 Å². The number of nitrogens with zero attached hydrogens (tertiary/aromatic N) is 1. The zero-order valence-electron chi connectivity index (χ0n) is 14.4. The van der Waals surface area contributed by atoms with Gasteiger partial charge in [-0.1, -0.05) is 35.9 Å². The van der Waals surface area contributed by atoms with E-state index in [0.717, 1.165) is 11.3 Å². The molecule has 0 radical (unpaired) electrons. The third kappa shape index (κ3) is 3.28. The fraction of sp³-hybridized carbons (Fsp3) is 0.300. The summed E-state index contributed by atoms with van der Waals surface area (Å²) in [7, 11) is 0. The van der Waals surface area contributed by atoms with Crippen molar-refractivity contribution in [2.24, 2.45) is 0 Å². The van der Waals surface area contributed by atoms with Crippen molar-refractivity contribution in [3.8, 4) is 5.75 Å². The molecule has 0 fully saturated rings. The highest BCUT2D eigenvalue weighted by molar-refractivity contribution is 6.08. The van der Waals surface area contributed by atoms with Gasteiger partial charge in [0.2, 0.25) is 0 Å². The van der Waals surface area contributed by atoms with Crippen LogP contribution in [0.15, 0.2) is 48.5 Å². The van der Waals surface area contributed by atoms with Crippen LogP contribution in [0.4, 0.5) is 5.69 Å². The van der Waals surface area contributed by atoms with Gasteiger partial charge in [-0.25, -0.2) is 0 Å². The molecule has 130 valence electrons. The lowest BCUT2D eigenvalue weighted by Crippen LogP contribution is -2.43. The Morgan fingerprint density at radius 3 is 2.52 bits per heavy atom. The van der Waals surface area contributed by atoms with Gasteiger partial charge in [0.25, 0.3) is 5.91 Å². The van der Waals surface area contributed by atoms with Crippen molar-refractivity contribution in [2.45, 2.75) is 25.9 Å². The first-order valence-corrected chi connectivity index (χ1v) is 8.24. The minimum absolute atomic E-state index is 0.224. The van der Waals surface area contributed by atoms with E-state index in [0.29, 0.717) is 24.4 Å². The molecule has 1 atom stereocenters. The number of aryl methyl sites for hydroxylation is 1. The number of anilines is 1. The first-order chi connectivity index (χ1) is 11.9. The van der Waals surface area contributed by atoms with Crippen molar-refractivity contribution >= 4 is 17.4 Å². The van der Waals surface area contributed by atoms with Crippen LogP contribution in [0.25, 0.3) is 0 Å². The number of fused-ring (bicyclic) bond motifs is 1. The molecule has 0 saturated heterocycles. The Morgan fingerprint density at radius 1 is 1.16 bits per heavy atom. The van der Waals surface area contributed by atoms with Gasteiger partial charge < -0.3 is 14.7 Å². The molecule has 0 aliphatic carbocycles. The molecule has 0 aromatic heterocycles. The fourth-order valence-electron chi connectivity index (χ4n) is 3.15. The quantitative estimate of drug-likeness (QED) is 0.878. The molecule has 1 unspecified atom stereocenters. The third-order valence-corrected chi connectivity index (χ3v) is 4.35. The topological polar surface area (TPSA) is 66.8 Å². The van der Waals surface area contributed by atoms with Crippen molar-refractivity contribution in [2.75, 3.05) is 18.1 Å². The van der Waals surface area contributed by atoms with Crippen molar-refractivity contribution in [3.05, 3.63) is 59.7 Å². The summed E-state index contributed by atoms with van der Waals surface area (Å²) in [5.41, 5.74) is 0.464. The molecule has 0 bridgehead atoms. The highest BCUT2D eigenvalue weighted by atomic mass is 16.5. The minimum Gasteiger partial charge on any atom is -0.492 e. The van der Waals surface area contributed by atoms with Crippen LogP contribution >= 0.6 is 0 Å². The van der Waals surface area contributed by atoms with Crippen molar-refractivity contribution in [3.63, 3.8) is 0 Å². The molecule has 1 aliphatic heterocycles. The van der Waals surface area contributed by atoms with Gasteiger partial charge in [0.1, 0.15) is 18.1 Å². The molecule has 1 heterocycles. The van der Waals surface area contributed by atoms with E-state index < -0.39 is 11.5 Å². The van der Waals surface area contributed by atoms with Crippen LogP contribution in [0.2, 0.25) is 0 Å². The molecule has 0 saturated carbocycles. The Bertz CT molecular complexity index is 800. The smallest absolute Gasteiger partial charge is 0.264 e. The van der Waals surface area contributed by atoms with Gasteiger partial charge in [0, 0.05) is 12.0 Å². The van der Waals surface area contributed by atoms with Gasteiger partial charge in [0.15, 0.2) is 5.60 Å². The monoisotopic (exact) mass is 339 g/mol. The van der Waals surface area contributed by atoms with Gasteiger partial charge >= 0.3 is 0 Å². The van der Waals surface area contributed by atoms with Crippen molar-refractivity contribution in [1.82, 2.24) is 0 Å². The molecule has 3 rings (SSSR count). The first-order valence-electron chi connectivity index (χ1n) is 8.24. The van der Waals surface area contributed by atoms with E-state index in [9.17, 15) is 14.7 Å². The van der Waals surface area contributed by atoms with Crippen LogP contribution in [0.1, 0.15) is 24.5 Å². The van der Waals surface area contributed by atoms with Crippen molar-refractivity contribution < 1.29 is 19.4 Å². The van der Waals surface area contributed by atoms with Crippen molar-refractivity contribution in [1.29, 1.82) is 0 Å². The lowest BCUT2D eigenvalue weighted by molar-refractivity contribution is -0.141. The largest absolute Gasteiger partial charge is 0.492 e. The molecular weight excluding hydrogens is 318 g/mol. The standard InChI is InChI=1S/C20H21NO4/c1-14-7-9-16(10-8-14)25-12-11-21-18-6-4-3-5-17(18)20(24,19(21)23)13-15(2)22/h3-10,24H,11-13H2,1-2H3. The number of aliphatic hydroxyl groups is 1. The molecule has 1 N–H and O–H groups in total. The molecule has 1 amide bonds. The van der Waals surface area contributed by atoms with Gasteiger partial charge in [-0.15, -0.1) is 0 Å². The Kier molecular flexibility index (Phi) is 4.59. The van der Waals surface area contributed by atoms with Gasteiger partial charge in [0.05, 0.1) is 12.2 Å². The highest BCUT2D eigenvalue weighted by Crippen LogP contribution is 2.42. The number of Topliss-reactive ketones (excluding diaryl/α,β-unsaturated/α-hetero) is 1. The predicted molar refractivity (Wildman–Crippen MR) is 94.7 cm³/mol. The number of para-hydroxylation sites is 1. The van der Waals surface area contributed by atoms with E-state index in [1.54, 1.807) is 24.3 Å². The number of hydrogen-bond acceptors (Lipinski definition) is 4. The minimum atomic E-state index is -1.79. The Balaban J connectivity index is 1.76. The molecule has 2 aromatic carbocycles.